The van der Waals surface area contributed by atoms with E-state index in [0.717, 1.165) is 0 Å². The molecule has 0 spiro atoms. The fourth-order valence-electron chi connectivity index (χ4n) is 1.81. The number of hydrogen-bond acceptors (Lipinski definition) is 5. The summed E-state index contributed by atoms with van der Waals surface area (Å²) in [4.78, 5) is 12.6. The largest absolute Gasteiger partial charge is 0.382 e. The Labute approximate surface area is 106 Å². The zero-order valence-corrected chi connectivity index (χ0v) is 10.5. The van der Waals surface area contributed by atoms with Crippen LogP contribution in [0, 0.1) is 21.4 Å². The van der Waals surface area contributed by atoms with Crippen molar-refractivity contribution in [1.82, 2.24) is 0 Å². The summed E-state index contributed by atoms with van der Waals surface area (Å²) in [5, 5.41) is 22.6. The van der Waals surface area contributed by atoms with Gasteiger partial charge in [0, 0.05) is 20.1 Å². The first-order chi connectivity index (χ1) is 8.65. The lowest BCUT2D eigenvalue weighted by Crippen LogP contribution is -2.24. The van der Waals surface area contributed by atoms with Crippen LogP contribution in [0.2, 0.25) is 0 Å². The van der Waals surface area contributed by atoms with Gasteiger partial charge >= 0.3 is 5.69 Å². The third-order valence-corrected chi connectivity index (χ3v) is 2.68. The first-order valence-electron chi connectivity index (χ1n) is 5.72. The molecule has 0 unspecified atom stereocenters. The maximum absolute atomic E-state index is 11.2. The first kappa shape index (κ1) is 13.8. The van der Waals surface area contributed by atoms with E-state index in [0.29, 0.717) is 30.9 Å². The van der Waals surface area contributed by atoms with Crippen molar-refractivity contribution < 1.29 is 4.92 Å². The average molecular weight is 248 g/mol. The molecule has 0 saturated heterocycles. The molecule has 1 aromatic rings. The van der Waals surface area contributed by atoms with E-state index in [-0.39, 0.29) is 5.69 Å². The minimum atomic E-state index is -0.393. The number of nitro benzene ring substituents is 1. The number of nitrogens with zero attached hydrogens (tertiary/aromatic N) is 3. The number of nitro groups is 1. The Hall–Kier alpha value is -2.29. The highest BCUT2D eigenvalue weighted by Crippen LogP contribution is 2.35. The summed E-state index contributed by atoms with van der Waals surface area (Å²) in [6.07, 6.45) is 0.342. The van der Waals surface area contributed by atoms with Gasteiger partial charge in [-0.3, -0.25) is 10.1 Å². The molecular formula is C12H16N4O2. The molecule has 1 rings (SSSR count). The van der Waals surface area contributed by atoms with Gasteiger partial charge in [-0.15, -0.1) is 0 Å². The van der Waals surface area contributed by atoms with Crippen LogP contribution in [0.3, 0.4) is 0 Å². The van der Waals surface area contributed by atoms with E-state index in [1.807, 2.05) is 11.8 Å². The van der Waals surface area contributed by atoms with Gasteiger partial charge in [0.2, 0.25) is 0 Å². The Morgan fingerprint density at radius 1 is 1.56 bits per heavy atom. The van der Waals surface area contributed by atoms with Gasteiger partial charge in [0.15, 0.2) is 0 Å². The molecule has 0 atom stereocenters. The van der Waals surface area contributed by atoms with Crippen LogP contribution in [0.5, 0.6) is 0 Å². The Morgan fingerprint density at radius 2 is 2.28 bits per heavy atom. The molecule has 0 amide bonds. The molecule has 96 valence electrons. The van der Waals surface area contributed by atoms with Gasteiger partial charge in [0.1, 0.15) is 11.4 Å². The summed E-state index contributed by atoms with van der Waals surface area (Å²) in [5.74, 6) is 0. The molecule has 0 aromatic heterocycles. The van der Waals surface area contributed by atoms with Crippen LogP contribution in [-0.2, 0) is 0 Å². The van der Waals surface area contributed by atoms with Crippen molar-refractivity contribution in [2.75, 3.05) is 30.4 Å². The Balaban J connectivity index is 3.21. The van der Waals surface area contributed by atoms with Crippen LogP contribution in [0.25, 0.3) is 0 Å². The van der Waals surface area contributed by atoms with E-state index in [4.69, 9.17) is 5.26 Å². The molecular weight excluding hydrogens is 232 g/mol. The standard InChI is InChI=1S/C12H16N4O2/c1-3-15(9-5-8-13)11-7-4-6-10(14-2)12(11)16(17)18/h4,6-7,14H,3,5,9H2,1-2H3. The molecule has 0 radical (unpaired) electrons. The third kappa shape index (κ3) is 2.88. The number of para-hydroxylation sites is 1. The first-order valence-corrected chi connectivity index (χ1v) is 5.72. The van der Waals surface area contributed by atoms with Crippen molar-refractivity contribution in [3.8, 4) is 6.07 Å². The summed E-state index contributed by atoms with van der Waals surface area (Å²) in [6.45, 7) is 3.02. The SMILES string of the molecule is CCN(CCC#N)c1cccc(NC)c1[N+](=O)[O-]. The minimum absolute atomic E-state index is 0.0554. The van der Waals surface area contributed by atoms with Crippen LogP contribution >= 0.6 is 0 Å². The second kappa shape index (κ2) is 6.45. The number of nitriles is 1. The lowest BCUT2D eigenvalue weighted by Gasteiger charge is -2.22. The third-order valence-electron chi connectivity index (χ3n) is 2.68. The number of hydrogen-bond donors (Lipinski definition) is 1. The van der Waals surface area contributed by atoms with E-state index in [2.05, 4.69) is 11.4 Å². The number of nitrogens with one attached hydrogen (secondary N) is 1. The Bertz CT molecular complexity index is 468. The minimum Gasteiger partial charge on any atom is -0.382 e. The molecule has 1 aromatic carbocycles. The monoisotopic (exact) mass is 248 g/mol. The molecule has 0 aliphatic rings. The van der Waals surface area contributed by atoms with Crippen molar-refractivity contribution in [3.63, 3.8) is 0 Å². The van der Waals surface area contributed by atoms with E-state index >= 15 is 0 Å². The summed E-state index contributed by atoms with van der Waals surface area (Å²) in [6, 6.07) is 7.19. The van der Waals surface area contributed by atoms with Gasteiger partial charge in [-0.25, -0.2) is 0 Å². The number of rotatable bonds is 6. The fourth-order valence-corrected chi connectivity index (χ4v) is 1.81. The van der Waals surface area contributed by atoms with Crippen LogP contribution in [0.4, 0.5) is 17.1 Å². The van der Waals surface area contributed by atoms with Crippen molar-refractivity contribution in [1.29, 1.82) is 5.26 Å². The molecule has 0 aliphatic carbocycles. The summed E-state index contributed by atoms with van der Waals surface area (Å²) in [5.41, 5.74) is 1.08. The molecule has 0 fully saturated rings. The maximum Gasteiger partial charge on any atom is 0.315 e. The molecule has 6 heteroatoms. The Kier molecular flexibility index (Phi) is 4.93. The lowest BCUT2D eigenvalue weighted by atomic mass is 10.2. The quantitative estimate of drug-likeness (QED) is 0.617. The summed E-state index contributed by atoms with van der Waals surface area (Å²) < 4.78 is 0. The molecule has 0 aliphatic heterocycles. The number of anilines is 2. The fraction of sp³-hybridized carbons (Fsp3) is 0.417. The van der Waals surface area contributed by atoms with Gasteiger partial charge in [-0.2, -0.15) is 5.26 Å². The van der Waals surface area contributed by atoms with E-state index < -0.39 is 4.92 Å². The van der Waals surface area contributed by atoms with E-state index in [1.54, 1.807) is 25.2 Å². The summed E-state index contributed by atoms with van der Waals surface area (Å²) in [7, 11) is 1.65. The molecule has 0 saturated carbocycles. The van der Waals surface area contributed by atoms with Crippen molar-refractivity contribution in [3.05, 3.63) is 28.3 Å². The van der Waals surface area contributed by atoms with Crippen LogP contribution in [0.15, 0.2) is 18.2 Å². The second-order valence-corrected chi connectivity index (χ2v) is 3.67. The van der Waals surface area contributed by atoms with Crippen molar-refractivity contribution in [2.24, 2.45) is 0 Å². The average Bonchev–Trinajstić information content (AvgIpc) is 2.38. The highest BCUT2D eigenvalue weighted by molar-refractivity contribution is 5.76. The van der Waals surface area contributed by atoms with Crippen LogP contribution in [-0.4, -0.2) is 25.1 Å². The maximum atomic E-state index is 11.2. The topological polar surface area (TPSA) is 82.2 Å². The zero-order chi connectivity index (χ0) is 13.5. The predicted molar refractivity (Wildman–Crippen MR) is 70.8 cm³/mol. The zero-order valence-electron chi connectivity index (χ0n) is 10.5. The van der Waals surface area contributed by atoms with Crippen molar-refractivity contribution in [2.45, 2.75) is 13.3 Å². The van der Waals surface area contributed by atoms with Gasteiger partial charge in [0.05, 0.1) is 17.4 Å². The molecule has 0 heterocycles. The van der Waals surface area contributed by atoms with E-state index in [9.17, 15) is 10.1 Å². The molecule has 18 heavy (non-hydrogen) atoms. The highest BCUT2D eigenvalue weighted by Gasteiger charge is 2.22. The second-order valence-electron chi connectivity index (χ2n) is 3.67. The smallest absolute Gasteiger partial charge is 0.315 e. The Morgan fingerprint density at radius 3 is 2.78 bits per heavy atom. The van der Waals surface area contributed by atoms with Crippen molar-refractivity contribution >= 4 is 17.1 Å². The highest BCUT2D eigenvalue weighted by atomic mass is 16.6. The van der Waals surface area contributed by atoms with Crippen LogP contribution < -0.4 is 10.2 Å². The van der Waals surface area contributed by atoms with E-state index in [1.165, 1.54) is 0 Å². The number of benzene rings is 1. The molecule has 6 nitrogen and oxygen atoms in total. The predicted octanol–water partition coefficient (Wildman–Crippen LogP) is 2.38. The van der Waals surface area contributed by atoms with Gasteiger partial charge in [-0.05, 0) is 19.1 Å². The van der Waals surface area contributed by atoms with Gasteiger partial charge in [-0.1, -0.05) is 6.07 Å². The van der Waals surface area contributed by atoms with Gasteiger partial charge < -0.3 is 10.2 Å². The normalized spacial score (nSPS) is 9.61. The van der Waals surface area contributed by atoms with Crippen LogP contribution in [0.1, 0.15) is 13.3 Å². The molecule has 1 N–H and O–H groups in total. The molecule has 0 bridgehead atoms. The summed E-state index contributed by atoms with van der Waals surface area (Å²) >= 11 is 0. The lowest BCUT2D eigenvalue weighted by molar-refractivity contribution is -0.383. The van der Waals surface area contributed by atoms with Gasteiger partial charge in [0.25, 0.3) is 0 Å².